The van der Waals surface area contributed by atoms with Crippen molar-refractivity contribution in [3.8, 4) is 0 Å². The van der Waals surface area contributed by atoms with Gasteiger partial charge in [0, 0.05) is 13.1 Å². The Morgan fingerprint density at radius 2 is 2.29 bits per heavy atom. The molecule has 0 saturated heterocycles. The van der Waals surface area contributed by atoms with E-state index in [1.165, 1.54) is 0 Å². The topological polar surface area (TPSA) is 85.8 Å². The highest BCUT2D eigenvalue weighted by Crippen LogP contribution is 2.12. The fraction of sp³-hybridized carbons (Fsp3) is 0.727. The summed E-state index contributed by atoms with van der Waals surface area (Å²) in [5.74, 6) is 0.576. The van der Waals surface area contributed by atoms with Crippen molar-refractivity contribution in [2.75, 3.05) is 6.54 Å². The molecule has 17 heavy (non-hydrogen) atoms. The summed E-state index contributed by atoms with van der Waals surface area (Å²) in [4.78, 5) is 15.3. The quantitative estimate of drug-likeness (QED) is 0.716. The minimum absolute atomic E-state index is 0.306. The van der Waals surface area contributed by atoms with Gasteiger partial charge in [0.2, 0.25) is 5.91 Å². The molecule has 0 atom stereocenters. The molecule has 6 heteroatoms. The van der Waals surface area contributed by atoms with Gasteiger partial charge in [0.1, 0.15) is 12.2 Å². The second-order valence-electron chi connectivity index (χ2n) is 4.75. The van der Waals surface area contributed by atoms with Gasteiger partial charge in [0.15, 0.2) is 0 Å². The van der Waals surface area contributed by atoms with E-state index in [0.29, 0.717) is 13.1 Å². The van der Waals surface area contributed by atoms with Crippen LogP contribution in [0.1, 0.15) is 33.0 Å². The molecule has 0 aliphatic rings. The van der Waals surface area contributed by atoms with Gasteiger partial charge in [-0.15, -0.1) is 0 Å². The molecule has 0 unspecified atom stereocenters. The molecule has 0 saturated carbocycles. The second-order valence-corrected chi connectivity index (χ2v) is 4.75. The Morgan fingerprint density at radius 3 is 2.88 bits per heavy atom. The molecule has 1 rings (SSSR count). The van der Waals surface area contributed by atoms with Crippen LogP contribution >= 0.6 is 0 Å². The van der Waals surface area contributed by atoms with E-state index in [-0.39, 0.29) is 5.91 Å². The number of carbonyl (C=O) groups is 1. The van der Waals surface area contributed by atoms with E-state index < -0.39 is 5.41 Å². The minimum Gasteiger partial charge on any atom is -0.369 e. The maximum Gasteiger partial charge on any atom is 0.224 e. The van der Waals surface area contributed by atoms with Crippen molar-refractivity contribution in [2.24, 2.45) is 11.1 Å². The van der Waals surface area contributed by atoms with Crippen molar-refractivity contribution in [3.05, 3.63) is 12.2 Å². The van der Waals surface area contributed by atoms with Gasteiger partial charge in [-0.25, -0.2) is 9.67 Å². The van der Waals surface area contributed by atoms with Gasteiger partial charge >= 0.3 is 0 Å². The molecule has 1 aromatic rings. The first kappa shape index (κ1) is 13.6. The third-order valence-electron chi connectivity index (χ3n) is 2.65. The van der Waals surface area contributed by atoms with Crippen LogP contribution in [0.2, 0.25) is 0 Å². The lowest BCUT2D eigenvalue weighted by Crippen LogP contribution is -2.40. The fourth-order valence-electron chi connectivity index (χ4n) is 1.40. The van der Waals surface area contributed by atoms with E-state index in [2.05, 4.69) is 22.3 Å². The van der Waals surface area contributed by atoms with Gasteiger partial charge in [-0.2, -0.15) is 5.10 Å². The van der Waals surface area contributed by atoms with E-state index in [9.17, 15) is 4.79 Å². The van der Waals surface area contributed by atoms with Crippen molar-refractivity contribution in [1.29, 1.82) is 0 Å². The number of aromatic nitrogens is 3. The third kappa shape index (κ3) is 3.81. The average Bonchev–Trinajstić information content (AvgIpc) is 2.66. The standard InChI is InChI=1S/C11H21N5O/c1-4-5-16-9(14-8-15-16)6-13-7-11(2,3)10(12)17/h8,13H,4-7H2,1-3H3,(H2,12,17). The number of rotatable bonds is 7. The highest BCUT2D eigenvalue weighted by molar-refractivity contribution is 5.80. The highest BCUT2D eigenvalue weighted by Gasteiger charge is 2.24. The summed E-state index contributed by atoms with van der Waals surface area (Å²) in [6.07, 6.45) is 2.56. The van der Waals surface area contributed by atoms with Gasteiger partial charge in [-0.1, -0.05) is 6.92 Å². The van der Waals surface area contributed by atoms with Crippen LogP contribution in [0.3, 0.4) is 0 Å². The first-order valence-corrected chi connectivity index (χ1v) is 5.84. The molecule has 6 nitrogen and oxygen atoms in total. The van der Waals surface area contributed by atoms with Crippen molar-refractivity contribution < 1.29 is 4.79 Å². The number of hydrogen-bond donors (Lipinski definition) is 2. The lowest BCUT2D eigenvalue weighted by molar-refractivity contribution is -0.125. The third-order valence-corrected chi connectivity index (χ3v) is 2.65. The van der Waals surface area contributed by atoms with E-state index in [4.69, 9.17) is 5.73 Å². The molecule has 96 valence electrons. The van der Waals surface area contributed by atoms with Crippen molar-refractivity contribution in [1.82, 2.24) is 20.1 Å². The smallest absolute Gasteiger partial charge is 0.224 e. The summed E-state index contributed by atoms with van der Waals surface area (Å²) in [6.45, 7) is 7.71. The second kappa shape index (κ2) is 5.77. The van der Waals surface area contributed by atoms with Crippen LogP contribution in [0.15, 0.2) is 6.33 Å². The molecule has 1 amide bonds. The summed E-state index contributed by atoms with van der Waals surface area (Å²) in [5, 5.41) is 7.31. The molecule has 0 fully saturated rings. The summed E-state index contributed by atoms with van der Waals surface area (Å²) in [7, 11) is 0. The summed E-state index contributed by atoms with van der Waals surface area (Å²) in [6, 6.07) is 0. The number of amides is 1. The zero-order valence-corrected chi connectivity index (χ0v) is 10.7. The van der Waals surface area contributed by atoms with E-state index >= 15 is 0 Å². The maximum absolute atomic E-state index is 11.1. The Bertz CT molecular complexity index is 372. The van der Waals surface area contributed by atoms with Gasteiger partial charge in [-0.3, -0.25) is 4.79 Å². The zero-order valence-electron chi connectivity index (χ0n) is 10.7. The van der Waals surface area contributed by atoms with Crippen LogP contribution in [0.25, 0.3) is 0 Å². The Labute approximate surface area is 102 Å². The Kier molecular flexibility index (Phi) is 4.62. The number of nitrogens with two attached hydrogens (primary N) is 1. The molecular weight excluding hydrogens is 218 g/mol. The molecule has 0 aliphatic heterocycles. The van der Waals surface area contributed by atoms with Gasteiger partial charge in [0.25, 0.3) is 0 Å². The number of aryl methyl sites for hydroxylation is 1. The Balaban J connectivity index is 2.45. The molecule has 3 N–H and O–H groups in total. The van der Waals surface area contributed by atoms with Crippen LogP contribution in [0.4, 0.5) is 0 Å². The largest absolute Gasteiger partial charge is 0.369 e. The Morgan fingerprint density at radius 1 is 1.59 bits per heavy atom. The van der Waals surface area contributed by atoms with Gasteiger partial charge < -0.3 is 11.1 Å². The predicted octanol–water partition coefficient (Wildman–Crippen LogP) is 0.289. The van der Waals surface area contributed by atoms with Crippen molar-refractivity contribution in [3.63, 3.8) is 0 Å². The molecular formula is C11H21N5O. The predicted molar refractivity (Wildman–Crippen MR) is 65.0 cm³/mol. The first-order valence-electron chi connectivity index (χ1n) is 5.84. The minimum atomic E-state index is -0.546. The van der Waals surface area contributed by atoms with Crippen molar-refractivity contribution in [2.45, 2.75) is 40.3 Å². The van der Waals surface area contributed by atoms with Crippen molar-refractivity contribution >= 4 is 5.91 Å². The number of nitrogens with zero attached hydrogens (tertiary/aromatic N) is 3. The fourth-order valence-corrected chi connectivity index (χ4v) is 1.40. The van der Waals surface area contributed by atoms with E-state index in [1.807, 2.05) is 18.5 Å². The van der Waals surface area contributed by atoms with Crippen LogP contribution in [-0.2, 0) is 17.9 Å². The Hall–Kier alpha value is -1.43. The monoisotopic (exact) mass is 239 g/mol. The van der Waals surface area contributed by atoms with Crippen LogP contribution < -0.4 is 11.1 Å². The number of hydrogen-bond acceptors (Lipinski definition) is 4. The number of nitrogens with one attached hydrogen (secondary N) is 1. The molecule has 1 aromatic heterocycles. The highest BCUT2D eigenvalue weighted by atomic mass is 16.1. The normalized spacial score (nSPS) is 11.7. The molecule has 0 bridgehead atoms. The molecule has 0 radical (unpaired) electrons. The lowest BCUT2D eigenvalue weighted by Gasteiger charge is -2.20. The number of carbonyl (C=O) groups excluding carboxylic acids is 1. The van der Waals surface area contributed by atoms with Crippen LogP contribution in [0, 0.1) is 5.41 Å². The maximum atomic E-state index is 11.1. The van der Waals surface area contributed by atoms with E-state index in [1.54, 1.807) is 6.33 Å². The van der Waals surface area contributed by atoms with E-state index in [0.717, 1.165) is 18.8 Å². The molecule has 1 heterocycles. The summed E-state index contributed by atoms with van der Waals surface area (Å²) in [5.41, 5.74) is 4.75. The number of primary amides is 1. The van der Waals surface area contributed by atoms with Gasteiger partial charge in [0.05, 0.1) is 12.0 Å². The SMILES string of the molecule is CCCn1ncnc1CNCC(C)(C)C(N)=O. The molecule has 0 aromatic carbocycles. The van der Waals surface area contributed by atoms with Crippen LogP contribution in [-0.4, -0.2) is 27.2 Å². The first-order chi connectivity index (χ1) is 7.97. The average molecular weight is 239 g/mol. The summed E-state index contributed by atoms with van der Waals surface area (Å²) < 4.78 is 1.87. The van der Waals surface area contributed by atoms with Crippen LogP contribution in [0.5, 0.6) is 0 Å². The summed E-state index contributed by atoms with van der Waals surface area (Å²) >= 11 is 0. The molecule has 0 spiro atoms. The lowest BCUT2D eigenvalue weighted by atomic mass is 9.93. The molecule has 0 aliphatic carbocycles. The van der Waals surface area contributed by atoms with Gasteiger partial charge in [-0.05, 0) is 20.3 Å². The zero-order chi connectivity index (χ0) is 12.9.